The van der Waals surface area contributed by atoms with Crippen LogP contribution in [0.15, 0.2) is 55.0 Å². The molecule has 0 bridgehead atoms. The molecule has 2 fully saturated rings. The molecular formula is C37H40N8O5. The topological polar surface area (TPSA) is 145 Å². The van der Waals surface area contributed by atoms with Crippen LogP contribution in [-0.4, -0.2) is 93.7 Å². The number of ether oxygens (including phenoxy) is 2. The number of anilines is 2. The number of carbonyl (C=O) groups excluding carboxylic acids is 3. The highest BCUT2D eigenvalue weighted by Crippen LogP contribution is 2.38. The second-order valence-electron chi connectivity index (χ2n) is 13.3. The Hall–Kier alpha value is -5.48. The number of methoxy groups -OCH3 is 1. The summed E-state index contributed by atoms with van der Waals surface area (Å²) in [6.07, 6.45) is 8.55. The maximum Gasteiger partial charge on any atom is 0.339 e. The highest BCUT2D eigenvalue weighted by Gasteiger charge is 2.37. The molecule has 1 saturated carbocycles. The standard InChI is InChI=1S/C37H40N8O5/c1-23(2)50-33-19-30-25(18-32(33)41-35(46)31-21-40-45-12-4-11-39-34(31)45)22-44(36(30)47)27-7-5-26(6-8-27)42-13-15-43(16-14-42)28-9-10-29(37(48)49-3)24(17-28)20-38/h4,9-12,17-19,21,23,26-27H,5-8,13-16,22H2,1-3H3,(H,41,46)/t26-,27-. The SMILES string of the molecule is COC(=O)c1ccc(N2CCN([C@H]3CC[C@H](N4Cc5cc(NC(=O)c6cnn7cccnc67)c(OC(C)C)cc5C4=O)CC3)CC2)cc1C#N. The second-order valence-corrected chi connectivity index (χ2v) is 13.3. The molecule has 2 amide bonds. The number of rotatable bonds is 8. The largest absolute Gasteiger partial charge is 0.489 e. The maximum atomic E-state index is 13.8. The summed E-state index contributed by atoms with van der Waals surface area (Å²) >= 11 is 0. The lowest BCUT2D eigenvalue weighted by Crippen LogP contribution is -2.52. The number of aromatic nitrogens is 3. The Morgan fingerprint density at radius 3 is 2.50 bits per heavy atom. The van der Waals surface area contributed by atoms with Gasteiger partial charge < -0.3 is 24.6 Å². The van der Waals surface area contributed by atoms with E-state index in [2.05, 4.69) is 31.3 Å². The van der Waals surface area contributed by atoms with Gasteiger partial charge in [-0.2, -0.15) is 10.4 Å². The van der Waals surface area contributed by atoms with Crippen LogP contribution in [0, 0.1) is 11.3 Å². The van der Waals surface area contributed by atoms with E-state index in [1.54, 1.807) is 41.2 Å². The number of piperazine rings is 1. The number of carbonyl (C=O) groups is 3. The van der Waals surface area contributed by atoms with Crippen molar-refractivity contribution in [2.24, 2.45) is 0 Å². The number of hydrogen-bond acceptors (Lipinski definition) is 10. The van der Waals surface area contributed by atoms with Crippen molar-refractivity contribution in [1.82, 2.24) is 24.4 Å². The van der Waals surface area contributed by atoms with E-state index in [4.69, 9.17) is 9.47 Å². The van der Waals surface area contributed by atoms with Gasteiger partial charge in [0.05, 0.1) is 36.2 Å². The third kappa shape index (κ3) is 6.34. The van der Waals surface area contributed by atoms with Crippen LogP contribution in [0.4, 0.5) is 11.4 Å². The Balaban J connectivity index is 0.977. The molecular weight excluding hydrogens is 636 g/mol. The molecule has 258 valence electrons. The van der Waals surface area contributed by atoms with Gasteiger partial charge in [0, 0.05) is 68.5 Å². The number of hydrogen-bond donors (Lipinski definition) is 1. The first-order valence-corrected chi connectivity index (χ1v) is 17.1. The second kappa shape index (κ2) is 13.8. The molecule has 0 spiro atoms. The van der Waals surface area contributed by atoms with Crippen LogP contribution in [0.25, 0.3) is 5.65 Å². The van der Waals surface area contributed by atoms with E-state index >= 15 is 0 Å². The maximum absolute atomic E-state index is 13.8. The Morgan fingerprint density at radius 1 is 1.02 bits per heavy atom. The molecule has 4 heterocycles. The minimum atomic E-state index is -0.509. The van der Waals surface area contributed by atoms with Gasteiger partial charge in [0.15, 0.2) is 5.65 Å². The average Bonchev–Trinajstić information content (AvgIpc) is 3.72. The summed E-state index contributed by atoms with van der Waals surface area (Å²) in [5.41, 5.74) is 4.34. The quantitative estimate of drug-likeness (QED) is 0.265. The number of nitrogens with zero attached hydrogens (tertiary/aromatic N) is 7. The summed E-state index contributed by atoms with van der Waals surface area (Å²) in [5, 5.41) is 16.8. The zero-order valence-electron chi connectivity index (χ0n) is 28.5. The molecule has 50 heavy (non-hydrogen) atoms. The van der Waals surface area contributed by atoms with Gasteiger partial charge in [0.25, 0.3) is 11.8 Å². The molecule has 0 unspecified atom stereocenters. The molecule has 1 aliphatic carbocycles. The van der Waals surface area contributed by atoms with E-state index < -0.39 is 5.97 Å². The molecule has 13 nitrogen and oxygen atoms in total. The van der Waals surface area contributed by atoms with E-state index in [1.165, 1.54) is 13.3 Å². The van der Waals surface area contributed by atoms with E-state index in [9.17, 15) is 19.6 Å². The zero-order valence-corrected chi connectivity index (χ0v) is 28.5. The summed E-state index contributed by atoms with van der Waals surface area (Å²) in [7, 11) is 1.31. The monoisotopic (exact) mass is 676 g/mol. The van der Waals surface area contributed by atoms with Gasteiger partial charge in [-0.3, -0.25) is 14.5 Å². The fourth-order valence-electron chi connectivity index (χ4n) is 7.48. The molecule has 2 aliphatic heterocycles. The van der Waals surface area contributed by atoms with Crippen molar-refractivity contribution in [3.63, 3.8) is 0 Å². The van der Waals surface area contributed by atoms with Gasteiger partial charge in [0.1, 0.15) is 17.4 Å². The Morgan fingerprint density at radius 2 is 1.78 bits per heavy atom. The van der Waals surface area contributed by atoms with Crippen LogP contribution in [0.5, 0.6) is 5.75 Å². The van der Waals surface area contributed by atoms with Crippen LogP contribution in [-0.2, 0) is 11.3 Å². The molecule has 13 heteroatoms. The summed E-state index contributed by atoms with van der Waals surface area (Å²) in [5.74, 6) is -0.399. The van der Waals surface area contributed by atoms with Crippen molar-refractivity contribution in [3.8, 4) is 11.8 Å². The molecule has 2 aromatic heterocycles. The first-order chi connectivity index (χ1) is 24.2. The lowest BCUT2D eigenvalue weighted by molar-refractivity contribution is 0.0575. The van der Waals surface area contributed by atoms with Crippen LogP contribution in [0.2, 0.25) is 0 Å². The number of amides is 2. The fourth-order valence-corrected chi connectivity index (χ4v) is 7.48. The van der Waals surface area contributed by atoms with Crippen molar-refractivity contribution in [3.05, 3.63) is 82.8 Å². The zero-order chi connectivity index (χ0) is 34.9. The molecule has 1 N–H and O–H groups in total. The van der Waals surface area contributed by atoms with Gasteiger partial charge >= 0.3 is 5.97 Å². The van der Waals surface area contributed by atoms with Crippen molar-refractivity contribution in [2.75, 3.05) is 43.5 Å². The highest BCUT2D eigenvalue weighted by atomic mass is 16.5. The fraction of sp³-hybridized carbons (Fsp3) is 0.405. The third-order valence-electron chi connectivity index (χ3n) is 10.0. The third-order valence-corrected chi connectivity index (χ3v) is 10.0. The first-order valence-electron chi connectivity index (χ1n) is 17.1. The number of benzene rings is 2. The Kier molecular flexibility index (Phi) is 9.12. The molecule has 0 radical (unpaired) electrons. The first kappa shape index (κ1) is 33.0. The Bertz CT molecular complexity index is 1990. The molecule has 7 rings (SSSR count). The molecule has 3 aliphatic rings. The lowest BCUT2D eigenvalue weighted by atomic mass is 9.89. The molecule has 4 aromatic rings. The van der Waals surface area contributed by atoms with E-state index in [-0.39, 0.29) is 29.5 Å². The minimum absolute atomic E-state index is 0.00494. The van der Waals surface area contributed by atoms with Gasteiger partial charge in [-0.25, -0.2) is 14.3 Å². The Labute approximate surface area is 290 Å². The normalized spacial score (nSPS) is 19.4. The van der Waals surface area contributed by atoms with Gasteiger partial charge in [-0.15, -0.1) is 0 Å². The van der Waals surface area contributed by atoms with E-state index in [0.29, 0.717) is 46.4 Å². The molecule has 1 saturated heterocycles. The van der Waals surface area contributed by atoms with Crippen molar-refractivity contribution >= 4 is 34.8 Å². The highest BCUT2D eigenvalue weighted by molar-refractivity contribution is 6.09. The number of esters is 1. The number of fused-ring (bicyclic) bond motifs is 2. The lowest BCUT2D eigenvalue weighted by Gasteiger charge is -2.43. The predicted octanol–water partition coefficient (Wildman–Crippen LogP) is 4.52. The van der Waals surface area contributed by atoms with E-state index in [0.717, 1.165) is 63.1 Å². The summed E-state index contributed by atoms with van der Waals surface area (Å²) < 4.78 is 12.4. The van der Waals surface area contributed by atoms with E-state index in [1.807, 2.05) is 30.9 Å². The van der Waals surface area contributed by atoms with Crippen molar-refractivity contribution < 1.29 is 23.9 Å². The van der Waals surface area contributed by atoms with Gasteiger partial charge in [0.2, 0.25) is 0 Å². The van der Waals surface area contributed by atoms with Crippen LogP contribution in [0.1, 0.15) is 81.7 Å². The van der Waals surface area contributed by atoms with Gasteiger partial charge in [-0.05, 0) is 81.5 Å². The average molecular weight is 677 g/mol. The van der Waals surface area contributed by atoms with Crippen LogP contribution in [0.3, 0.4) is 0 Å². The summed E-state index contributed by atoms with van der Waals surface area (Å²) in [6, 6.07) is 13.4. The number of nitriles is 1. The van der Waals surface area contributed by atoms with Gasteiger partial charge in [-0.1, -0.05) is 0 Å². The van der Waals surface area contributed by atoms with Crippen molar-refractivity contribution in [1.29, 1.82) is 5.26 Å². The molecule has 0 atom stereocenters. The number of nitrogens with one attached hydrogen (secondary N) is 1. The smallest absolute Gasteiger partial charge is 0.339 e. The molecule has 2 aromatic carbocycles. The van der Waals surface area contributed by atoms with Crippen LogP contribution < -0.4 is 15.0 Å². The minimum Gasteiger partial charge on any atom is -0.489 e. The summed E-state index contributed by atoms with van der Waals surface area (Å²) in [4.78, 5) is 50.2. The van der Waals surface area contributed by atoms with Crippen LogP contribution >= 0.6 is 0 Å². The predicted molar refractivity (Wildman–Crippen MR) is 185 cm³/mol. The van der Waals surface area contributed by atoms with Crippen molar-refractivity contribution in [2.45, 2.75) is 64.3 Å². The summed E-state index contributed by atoms with van der Waals surface area (Å²) in [6.45, 7) is 7.78.